The van der Waals surface area contributed by atoms with Crippen molar-refractivity contribution >= 4 is 27.3 Å². The zero-order chi connectivity index (χ0) is 12.5. The lowest BCUT2D eigenvalue weighted by Crippen LogP contribution is -2.56. The molecule has 17 heavy (non-hydrogen) atoms. The molecule has 1 aromatic heterocycles. The van der Waals surface area contributed by atoms with Crippen LogP contribution in [0.2, 0.25) is 0 Å². The van der Waals surface area contributed by atoms with Crippen molar-refractivity contribution in [2.24, 2.45) is 0 Å². The standard InChI is InChI=1S/C12H19BrN2OS/c1-12(2)8-15(5-4-14-12)7-9-6-10(13)11(16-3)17-9/h6,14H,4-5,7-8H2,1-3H3. The number of piperazine rings is 1. The molecule has 96 valence electrons. The van der Waals surface area contributed by atoms with Gasteiger partial charge in [-0.25, -0.2) is 0 Å². The highest BCUT2D eigenvalue weighted by molar-refractivity contribution is 9.10. The number of rotatable bonds is 3. The average Bonchev–Trinajstić information content (AvgIpc) is 2.57. The fourth-order valence-electron chi connectivity index (χ4n) is 2.22. The summed E-state index contributed by atoms with van der Waals surface area (Å²) in [6.07, 6.45) is 0. The molecule has 0 aromatic carbocycles. The largest absolute Gasteiger partial charge is 0.486 e. The molecule has 0 spiro atoms. The van der Waals surface area contributed by atoms with E-state index < -0.39 is 0 Å². The molecule has 0 bridgehead atoms. The zero-order valence-corrected chi connectivity index (χ0v) is 12.9. The Balaban J connectivity index is 2.00. The molecular formula is C12H19BrN2OS. The van der Waals surface area contributed by atoms with E-state index in [1.807, 2.05) is 0 Å². The second-order valence-corrected chi connectivity index (χ2v) is 7.03. The van der Waals surface area contributed by atoms with Crippen molar-refractivity contribution in [3.05, 3.63) is 15.4 Å². The van der Waals surface area contributed by atoms with Gasteiger partial charge >= 0.3 is 0 Å². The van der Waals surface area contributed by atoms with Crippen LogP contribution in [0.3, 0.4) is 0 Å². The maximum Gasteiger partial charge on any atom is 0.188 e. The number of methoxy groups -OCH3 is 1. The summed E-state index contributed by atoms with van der Waals surface area (Å²) in [7, 11) is 1.72. The van der Waals surface area contributed by atoms with E-state index in [0.717, 1.165) is 35.7 Å². The van der Waals surface area contributed by atoms with E-state index in [2.05, 4.69) is 46.1 Å². The van der Waals surface area contributed by atoms with E-state index >= 15 is 0 Å². The molecule has 0 saturated carbocycles. The van der Waals surface area contributed by atoms with Gasteiger partial charge < -0.3 is 10.1 Å². The highest BCUT2D eigenvalue weighted by Gasteiger charge is 2.25. The first-order valence-corrected chi connectivity index (χ1v) is 7.41. The first kappa shape index (κ1) is 13.3. The number of nitrogens with zero attached hydrogens (tertiary/aromatic N) is 1. The van der Waals surface area contributed by atoms with Crippen molar-refractivity contribution in [2.75, 3.05) is 26.7 Å². The lowest BCUT2D eigenvalue weighted by atomic mass is 10.0. The molecule has 0 unspecified atom stereocenters. The summed E-state index contributed by atoms with van der Waals surface area (Å²) < 4.78 is 6.36. The van der Waals surface area contributed by atoms with Gasteiger partial charge in [-0.2, -0.15) is 0 Å². The first-order chi connectivity index (χ1) is 8.00. The van der Waals surface area contributed by atoms with E-state index in [1.54, 1.807) is 18.4 Å². The van der Waals surface area contributed by atoms with Gasteiger partial charge in [0.05, 0.1) is 11.6 Å². The second-order valence-electron chi connectivity index (χ2n) is 5.07. The summed E-state index contributed by atoms with van der Waals surface area (Å²) in [6, 6.07) is 2.17. The average molecular weight is 319 g/mol. The highest BCUT2D eigenvalue weighted by Crippen LogP contribution is 2.35. The van der Waals surface area contributed by atoms with Crippen molar-refractivity contribution in [1.82, 2.24) is 10.2 Å². The number of hydrogen-bond donors (Lipinski definition) is 1. The van der Waals surface area contributed by atoms with Gasteiger partial charge in [-0.15, -0.1) is 11.3 Å². The monoisotopic (exact) mass is 318 g/mol. The van der Waals surface area contributed by atoms with Gasteiger partial charge in [-0.05, 0) is 35.8 Å². The molecule has 0 radical (unpaired) electrons. The predicted octanol–water partition coefficient (Wildman–Crippen LogP) is 2.70. The fraction of sp³-hybridized carbons (Fsp3) is 0.667. The third-order valence-corrected chi connectivity index (χ3v) is 4.85. The molecule has 2 rings (SSSR count). The van der Waals surface area contributed by atoms with Crippen LogP contribution in [0.5, 0.6) is 5.06 Å². The lowest BCUT2D eigenvalue weighted by molar-refractivity contribution is 0.149. The van der Waals surface area contributed by atoms with E-state index in [0.29, 0.717) is 0 Å². The Morgan fingerprint density at radius 2 is 2.35 bits per heavy atom. The topological polar surface area (TPSA) is 24.5 Å². The van der Waals surface area contributed by atoms with Gasteiger partial charge in [0.15, 0.2) is 5.06 Å². The third kappa shape index (κ3) is 3.44. The van der Waals surface area contributed by atoms with Crippen molar-refractivity contribution in [3.8, 4) is 5.06 Å². The van der Waals surface area contributed by atoms with Crippen LogP contribution in [-0.4, -0.2) is 37.2 Å². The minimum atomic E-state index is 0.219. The van der Waals surface area contributed by atoms with Crippen LogP contribution in [0.25, 0.3) is 0 Å². The van der Waals surface area contributed by atoms with E-state index in [4.69, 9.17) is 4.74 Å². The van der Waals surface area contributed by atoms with Gasteiger partial charge in [0, 0.05) is 36.6 Å². The van der Waals surface area contributed by atoms with Gasteiger partial charge in [0.2, 0.25) is 0 Å². The number of nitrogens with one attached hydrogen (secondary N) is 1. The van der Waals surface area contributed by atoms with Crippen LogP contribution in [0.4, 0.5) is 0 Å². The second kappa shape index (κ2) is 5.26. The zero-order valence-electron chi connectivity index (χ0n) is 10.5. The summed E-state index contributed by atoms with van der Waals surface area (Å²) in [4.78, 5) is 3.85. The minimum Gasteiger partial charge on any atom is -0.486 e. The molecule has 5 heteroatoms. The third-order valence-electron chi connectivity index (χ3n) is 2.92. The van der Waals surface area contributed by atoms with Crippen molar-refractivity contribution in [2.45, 2.75) is 25.9 Å². The molecule has 0 aliphatic carbocycles. The number of thiophene rings is 1. The maximum atomic E-state index is 5.30. The Kier molecular flexibility index (Phi) is 4.13. The number of ether oxygens (including phenoxy) is 1. The van der Waals surface area contributed by atoms with E-state index in [-0.39, 0.29) is 5.54 Å². The Hall–Kier alpha value is -0.100. The number of halogens is 1. The fourth-order valence-corrected chi connectivity index (χ4v) is 3.95. The quantitative estimate of drug-likeness (QED) is 0.927. The molecule has 3 nitrogen and oxygen atoms in total. The predicted molar refractivity (Wildman–Crippen MR) is 75.9 cm³/mol. The molecule has 1 saturated heterocycles. The Morgan fingerprint density at radius 1 is 1.59 bits per heavy atom. The van der Waals surface area contributed by atoms with Crippen LogP contribution < -0.4 is 10.1 Å². The molecule has 1 aliphatic heterocycles. The van der Waals surface area contributed by atoms with E-state index in [9.17, 15) is 0 Å². The van der Waals surface area contributed by atoms with Gasteiger partial charge in [-0.3, -0.25) is 4.90 Å². The Labute approximate surface area is 115 Å². The maximum absolute atomic E-state index is 5.30. The molecule has 0 atom stereocenters. The van der Waals surface area contributed by atoms with Gasteiger partial charge in [0.1, 0.15) is 0 Å². The summed E-state index contributed by atoms with van der Waals surface area (Å²) >= 11 is 5.24. The molecule has 0 amide bonds. The van der Waals surface area contributed by atoms with Crippen LogP contribution in [-0.2, 0) is 6.54 Å². The normalized spacial score (nSPS) is 20.5. The van der Waals surface area contributed by atoms with E-state index in [1.165, 1.54) is 4.88 Å². The SMILES string of the molecule is COc1sc(CN2CCNC(C)(C)C2)cc1Br. The first-order valence-electron chi connectivity index (χ1n) is 5.80. The smallest absolute Gasteiger partial charge is 0.188 e. The molecule has 2 heterocycles. The molecular weight excluding hydrogens is 300 g/mol. The summed E-state index contributed by atoms with van der Waals surface area (Å²) in [5.74, 6) is 0. The summed E-state index contributed by atoms with van der Waals surface area (Å²) in [6.45, 7) is 8.79. The van der Waals surface area contributed by atoms with Gasteiger partial charge in [0.25, 0.3) is 0 Å². The molecule has 1 N–H and O–H groups in total. The number of hydrogen-bond acceptors (Lipinski definition) is 4. The van der Waals surface area contributed by atoms with Crippen molar-refractivity contribution in [1.29, 1.82) is 0 Å². The molecule has 1 aliphatic rings. The van der Waals surface area contributed by atoms with Gasteiger partial charge in [-0.1, -0.05) is 0 Å². The summed E-state index contributed by atoms with van der Waals surface area (Å²) in [5.41, 5.74) is 0.219. The van der Waals surface area contributed by atoms with Crippen LogP contribution in [0, 0.1) is 0 Å². The molecule has 1 aromatic rings. The Bertz CT molecular complexity index is 392. The van der Waals surface area contributed by atoms with Crippen LogP contribution in [0.15, 0.2) is 10.5 Å². The lowest BCUT2D eigenvalue weighted by Gasteiger charge is -2.38. The summed E-state index contributed by atoms with van der Waals surface area (Å²) in [5, 5.41) is 4.50. The van der Waals surface area contributed by atoms with Crippen molar-refractivity contribution in [3.63, 3.8) is 0 Å². The minimum absolute atomic E-state index is 0.219. The van der Waals surface area contributed by atoms with Crippen molar-refractivity contribution < 1.29 is 4.74 Å². The van der Waals surface area contributed by atoms with Crippen LogP contribution in [0.1, 0.15) is 18.7 Å². The highest BCUT2D eigenvalue weighted by atomic mass is 79.9. The Morgan fingerprint density at radius 3 is 2.94 bits per heavy atom. The van der Waals surface area contributed by atoms with Crippen LogP contribution >= 0.6 is 27.3 Å². The molecule has 1 fully saturated rings.